The molecule has 0 aromatic heterocycles. The van der Waals surface area contributed by atoms with E-state index in [1.165, 1.54) is 25.7 Å². The molecule has 1 rings (SSSR count). The largest absolute Gasteiger partial charge is 0.353 e. The molecule has 1 amide bonds. The van der Waals surface area contributed by atoms with Gasteiger partial charge >= 0.3 is 0 Å². The SMILES string of the molecule is CCCCCCC(=O)NC1CCC(C)(C)C1. The first kappa shape index (κ1) is 13.5. The third kappa shape index (κ3) is 5.00. The number of carbonyl (C=O) groups is 1. The van der Waals surface area contributed by atoms with Gasteiger partial charge in [0.15, 0.2) is 0 Å². The average Bonchev–Trinajstić information content (AvgIpc) is 2.53. The van der Waals surface area contributed by atoms with Crippen LogP contribution in [-0.4, -0.2) is 11.9 Å². The van der Waals surface area contributed by atoms with Gasteiger partial charge < -0.3 is 5.32 Å². The van der Waals surface area contributed by atoms with Crippen molar-refractivity contribution in [2.24, 2.45) is 5.41 Å². The summed E-state index contributed by atoms with van der Waals surface area (Å²) in [6, 6.07) is 0.439. The first-order valence-electron chi connectivity index (χ1n) is 6.83. The van der Waals surface area contributed by atoms with Crippen LogP contribution in [0.3, 0.4) is 0 Å². The van der Waals surface area contributed by atoms with Crippen molar-refractivity contribution in [2.75, 3.05) is 0 Å². The molecule has 0 bridgehead atoms. The molecule has 94 valence electrons. The number of amides is 1. The molecule has 0 radical (unpaired) electrons. The highest BCUT2D eigenvalue weighted by atomic mass is 16.1. The summed E-state index contributed by atoms with van der Waals surface area (Å²) in [7, 11) is 0. The summed E-state index contributed by atoms with van der Waals surface area (Å²) in [5.74, 6) is 0.263. The van der Waals surface area contributed by atoms with Gasteiger partial charge in [0.25, 0.3) is 0 Å². The molecule has 0 saturated heterocycles. The first-order valence-corrected chi connectivity index (χ1v) is 6.83. The van der Waals surface area contributed by atoms with Crippen LogP contribution >= 0.6 is 0 Å². The predicted molar refractivity (Wildman–Crippen MR) is 68.3 cm³/mol. The summed E-state index contributed by atoms with van der Waals surface area (Å²) in [4.78, 5) is 11.7. The number of rotatable bonds is 6. The molecule has 2 heteroatoms. The van der Waals surface area contributed by atoms with E-state index in [9.17, 15) is 4.79 Å². The lowest BCUT2D eigenvalue weighted by molar-refractivity contribution is -0.121. The Balaban J connectivity index is 2.11. The lowest BCUT2D eigenvalue weighted by Crippen LogP contribution is -2.33. The molecular formula is C14H27NO. The van der Waals surface area contributed by atoms with E-state index in [1.807, 2.05) is 0 Å². The van der Waals surface area contributed by atoms with E-state index < -0.39 is 0 Å². The fourth-order valence-electron chi connectivity index (χ4n) is 2.57. The van der Waals surface area contributed by atoms with Crippen molar-refractivity contribution in [3.05, 3.63) is 0 Å². The second-order valence-corrected chi connectivity index (χ2v) is 5.98. The van der Waals surface area contributed by atoms with E-state index in [1.54, 1.807) is 0 Å². The number of hydrogen-bond donors (Lipinski definition) is 1. The maximum atomic E-state index is 11.7. The topological polar surface area (TPSA) is 29.1 Å². The van der Waals surface area contributed by atoms with Gasteiger partial charge in [0, 0.05) is 12.5 Å². The Bertz CT molecular complexity index is 223. The lowest BCUT2D eigenvalue weighted by Gasteiger charge is -2.17. The molecule has 1 atom stereocenters. The predicted octanol–water partition coefficient (Wildman–Crippen LogP) is 3.65. The van der Waals surface area contributed by atoms with Crippen molar-refractivity contribution < 1.29 is 4.79 Å². The van der Waals surface area contributed by atoms with Crippen LogP contribution in [0.1, 0.15) is 72.1 Å². The summed E-state index contributed by atoms with van der Waals surface area (Å²) in [6.45, 7) is 6.78. The van der Waals surface area contributed by atoms with Crippen LogP contribution in [0.2, 0.25) is 0 Å². The molecule has 1 aliphatic rings. The molecule has 2 nitrogen and oxygen atoms in total. The van der Waals surface area contributed by atoms with Crippen molar-refractivity contribution in [3.8, 4) is 0 Å². The van der Waals surface area contributed by atoms with E-state index in [0.717, 1.165) is 25.7 Å². The van der Waals surface area contributed by atoms with Crippen LogP contribution in [0.15, 0.2) is 0 Å². The van der Waals surface area contributed by atoms with Crippen molar-refractivity contribution in [1.29, 1.82) is 0 Å². The molecule has 1 unspecified atom stereocenters. The minimum absolute atomic E-state index is 0.263. The Morgan fingerprint density at radius 1 is 1.31 bits per heavy atom. The van der Waals surface area contributed by atoms with Crippen LogP contribution in [0, 0.1) is 5.41 Å². The Kier molecular flexibility index (Phi) is 5.30. The molecular weight excluding hydrogens is 198 g/mol. The molecule has 1 fully saturated rings. The second-order valence-electron chi connectivity index (χ2n) is 5.98. The first-order chi connectivity index (χ1) is 7.53. The summed E-state index contributed by atoms with van der Waals surface area (Å²) in [5.41, 5.74) is 0.431. The van der Waals surface area contributed by atoms with Crippen molar-refractivity contribution in [1.82, 2.24) is 5.32 Å². The molecule has 0 aromatic carbocycles. The number of unbranched alkanes of at least 4 members (excludes halogenated alkanes) is 3. The Hall–Kier alpha value is -0.530. The van der Waals surface area contributed by atoms with Crippen LogP contribution in [-0.2, 0) is 4.79 Å². The normalized spacial score (nSPS) is 23.3. The highest BCUT2D eigenvalue weighted by Crippen LogP contribution is 2.36. The monoisotopic (exact) mass is 225 g/mol. The van der Waals surface area contributed by atoms with Gasteiger partial charge in [-0.2, -0.15) is 0 Å². The molecule has 0 aliphatic heterocycles. The third-order valence-corrected chi connectivity index (χ3v) is 3.59. The van der Waals surface area contributed by atoms with E-state index in [2.05, 4.69) is 26.1 Å². The van der Waals surface area contributed by atoms with E-state index in [-0.39, 0.29) is 5.91 Å². The molecule has 1 saturated carbocycles. The van der Waals surface area contributed by atoms with Gasteiger partial charge in [0.2, 0.25) is 5.91 Å². The minimum Gasteiger partial charge on any atom is -0.353 e. The third-order valence-electron chi connectivity index (χ3n) is 3.59. The van der Waals surface area contributed by atoms with E-state index in [4.69, 9.17) is 0 Å². The summed E-state index contributed by atoms with van der Waals surface area (Å²) in [6.07, 6.45) is 9.00. The van der Waals surface area contributed by atoms with Gasteiger partial charge in [-0.25, -0.2) is 0 Å². The van der Waals surface area contributed by atoms with Gasteiger partial charge in [-0.15, -0.1) is 0 Å². The van der Waals surface area contributed by atoms with Gasteiger partial charge in [-0.3, -0.25) is 4.79 Å². The van der Waals surface area contributed by atoms with Gasteiger partial charge in [0.1, 0.15) is 0 Å². The highest BCUT2D eigenvalue weighted by molar-refractivity contribution is 5.76. The maximum Gasteiger partial charge on any atom is 0.220 e. The summed E-state index contributed by atoms with van der Waals surface area (Å²) in [5, 5.41) is 3.17. The van der Waals surface area contributed by atoms with Crippen LogP contribution in [0.5, 0.6) is 0 Å². The van der Waals surface area contributed by atoms with Crippen molar-refractivity contribution >= 4 is 5.91 Å². The van der Waals surface area contributed by atoms with Crippen LogP contribution < -0.4 is 5.32 Å². The van der Waals surface area contributed by atoms with Gasteiger partial charge in [-0.1, -0.05) is 40.0 Å². The Morgan fingerprint density at radius 3 is 2.62 bits per heavy atom. The fraction of sp³-hybridized carbons (Fsp3) is 0.929. The smallest absolute Gasteiger partial charge is 0.220 e. The zero-order chi connectivity index (χ0) is 12.0. The molecule has 0 heterocycles. The molecule has 1 aliphatic carbocycles. The van der Waals surface area contributed by atoms with Crippen molar-refractivity contribution in [3.63, 3.8) is 0 Å². The quantitative estimate of drug-likeness (QED) is 0.687. The van der Waals surface area contributed by atoms with E-state index >= 15 is 0 Å². The zero-order valence-corrected chi connectivity index (χ0v) is 11.1. The molecule has 16 heavy (non-hydrogen) atoms. The number of hydrogen-bond acceptors (Lipinski definition) is 1. The zero-order valence-electron chi connectivity index (χ0n) is 11.1. The maximum absolute atomic E-state index is 11.7. The molecule has 1 N–H and O–H groups in total. The van der Waals surface area contributed by atoms with Crippen LogP contribution in [0.25, 0.3) is 0 Å². The van der Waals surface area contributed by atoms with E-state index in [0.29, 0.717) is 11.5 Å². The Morgan fingerprint density at radius 2 is 2.06 bits per heavy atom. The Labute approximate surface area is 100 Å². The summed E-state index contributed by atoms with van der Waals surface area (Å²) < 4.78 is 0. The van der Waals surface area contributed by atoms with Gasteiger partial charge in [0.05, 0.1) is 0 Å². The summed E-state index contributed by atoms with van der Waals surface area (Å²) >= 11 is 0. The number of nitrogens with one attached hydrogen (secondary N) is 1. The second kappa shape index (κ2) is 6.27. The standard InChI is InChI=1S/C14H27NO/c1-4-5-6-7-8-13(16)15-12-9-10-14(2,3)11-12/h12H,4-11H2,1-3H3,(H,15,16). The van der Waals surface area contributed by atoms with Crippen molar-refractivity contribution in [2.45, 2.75) is 78.2 Å². The highest BCUT2D eigenvalue weighted by Gasteiger charge is 2.31. The fourth-order valence-corrected chi connectivity index (χ4v) is 2.57. The van der Waals surface area contributed by atoms with Gasteiger partial charge in [-0.05, 0) is 31.1 Å². The van der Waals surface area contributed by atoms with Crippen LogP contribution in [0.4, 0.5) is 0 Å². The molecule has 0 spiro atoms. The average molecular weight is 225 g/mol. The number of carbonyl (C=O) groups excluding carboxylic acids is 1. The minimum atomic E-state index is 0.263. The lowest BCUT2D eigenvalue weighted by atomic mass is 9.92. The molecule has 0 aromatic rings.